The van der Waals surface area contributed by atoms with E-state index in [1.54, 1.807) is 0 Å². The van der Waals surface area contributed by atoms with Gasteiger partial charge in [-0.25, -0.2) is 9.97 Å². The summed E-state index contributed by atoms with van der Waals surface area (Å²) in [6.07, 6.45) is 5.14. The zero-order valence-electron chi connectivity index (χ0n) is 10.7. The van der Waals surface area contributed by atoms with Crippen molar-refractivity contribution in [1.82, 2.24) is 9.97 Å². The second-order valence-corrected chi connectivity index (χ2v) is 5.38. The summed E-state index contributed by atoms with van der Waals surface area (Å²) in [6.45, 7) is 2.22. The van der Waals surface area contributed by atoms with Gasteiger partial charge in [-0.1, -0.05) is 11.8 Å². The van der Waals surface area contributed by atoms with Gasteiger partial charge in [-0.3, -0.25) is 0 Å². The number of anilines is 2. The summed E-state index contributed by atoms with van der Waals surface area (Å²) in [5, 5.41) is 9.75. The molecule has 0 amide bonds. The molecule has 100 valence electrons. The van der Waals surface area contributed by atoms with Crippen molar-refractivity contribution in [3.8, 4) is 0 Å². The van der Waals surface area contributed by atoms with Crippen molar-refractivity contribution in [3.63, 3.8) is 0 Å². The van der Waals surface area contributed by atoms with Crippen LogP contribution in [0.25, 0.3) is 0 Å². The van der Waals surface area contributed by atoms with Gasteiger partial charge in [-0.15, -0.1) is 0 Å². The van der Waals surface area contributed by atoms with Crippen LogP contribution in [0, 0.1) is 5.92 Å². The first kappa shape index (κ1) is 13.4. The molecule has 18 heavy (non-hydrogen) atoms. The number of nitrogen functional groups attached to an aromatic ring is 1. The van der Waals surface area contributed by atoms with E-state index in [4.69, 9.17) is 10.8 Å². The molecule has 1 aliphatic heterocycles. The number of hydrogen-bond donors (Lipinski definition) is 2. The van der Waals surface area contributed by atoms with Gasteiger partial charge in [0.25, 0.3) is 0 Å². The number of aliphatic hydroxyl groups is 1. The van der Waals surface area contributed by atoms with E-state index in [1.807, 2.05) is 12.3 Å². The molecule has 1 unspecified atom stereocenters. The molecule has 1 fully saturated rings. The molecule has 1 saturated heterocycles. The Morgan fingerprint density at radius 2 is 2.39 bits per heavy atom. The van der Waals surface area contributed by atoms with Crippen LogP contribution >= 0.6 is 11.8 Å². The molecular formula is C12H20N4OS. The lowest BCUT2D eigenvalue weighted by Gasteiger charge is -2.33. The average molecular weight is 268 g/mol. The third kappa shape index (κ3) is 3.26. The van der Waals surface area contributed by atoms with Crippen molar-refractivity contribution >= 4 is 23.4 Å². The first-order valence-electron chi connectivity index (χ1n) is 6.27. The van der Waals surface area contributed by atoms with E-state index in [0.29, 0.717) is 16.9 Å². The second-order valence-electron chi connectivity index (χ2n) is 4.60. The fourth-order valence-corrected chi connectivity index (χ4v) is 2.76. The van der Waals surface area contributed by atoms with Gasteiger partial charge in [0, 0.05) is 25.8 Å². The van der Waals surface area contributed by atoms with E-state index in [2.05, 4.69) is 14.9 Å². The largest absolute Gasteiger partial charge is 0.396 e. The molecule has 0 saturated carbocycles. The Labute approximate surface area is 112 Å². The molecule has 0 bridgehead atoms. The molecule has 2 rings (SSSR count). The lowest BCUT2D eigenvalue weighted by Crippen LogP contribution is -2.36. The summed E-state index contributed by atoms with van der Waals surface area (Å²) in [4.78, 5) is 10.9. The zero-order valence-corrected chi connectivity index (χ0v) is 11.5. The quantitative estimate of drug-likeness (QED) is 0.635. The normalized spacial score (nSPS) is 20.1. The number of nitrogens with zero attached hydrogens (tertiary/aromatic N) is 3. The van der Waals surface area contributed by atoms with E-state index in [9.17, 15) is 0 Å². The van der Waals surface area contributed by atoms with Gasteiger partial charge in [0.15, 0.2) is 5.16 Å². The minimum Gasteiger partial charge on any atom is -0.396 e. The summed E-state index contributed by atoms with van der Waals surface area (Å²) < 4.78 is 0. The van der Waals surface area contributed by atoms with Crippen LogP contribution in [0.5, 0.6) is 0 Å². The van der Waals surface area contributed by atoms with Crippen LogP contribution < -0.4 is 10.6 Å². The van der Waals surface area contributed by atoms with Gasteiger partial charge in [-0.2, -0.15) is 0 Å². The molecule has 3 N–H and O–H groups in total. The minimum atomic E-state index is 0.264. The number of piperidine rings is 1. The van der Waals surface area contributed by atoms with Gasteiger partial charge in [0.1, 0.15) is 11.6 Å². The van der Waals surface area contributed by atoms with Crippen LogP contribution in [0.1, 0.15) is 19.3 Å². The summed E-state index contributed by atoms with van der Waals surface area (Å²) >= 11 is 1.50. The second kappa shape index (κ2) is 6.24. The number of rotatable bonds is 4. The molecule has 0 aromatic carbocycles. The maximum Gasteiger partial charge on any atom is 0.191 e. The minimum absolute atomic E-state index is 0.264. The van der Waals surface area contributed by atoms with Crippen LogP contribution in [0.15, 0.2) is 11.2 Å². The predicted octanol–water partition coefficient (Wildman–Crippen LogP) is 1.38. The van der Waals surface area contributed by atoms with Crippen molar-refractivity contribution in [2.75, 3.05) is 36.6 Å². The topological polar surface area (TPSA) is 75.3 Å². The van der Waals surface area contributed by atoms with Gasteiger partial charge < -0.3 is 15.7 Å². The molecule has 6 heteroatoms. The molecular weight excluding hydrogens is 248 g/mol. The molecule has 0 spiro atoms. The standard InChI is InChI=1S/C12H20N4OS/c1-18-12-14-10(13)7-11(15-12)16-5-2-3-9(8-16)4-6-17/h7,9,17H,2-6,8H2,1H3,(H2,13,14,15). The van der Waals surface area contributed by atoms with Crippen LogP contribution in [-0.2, 0) is 0 Å². The van der Waals surface area contributed by atoms with Crippen LogP contribution in [0.4, 0.5) is 11.6 Å². The fourth-order valence-electron chi connectivity index (χ4n) is 2.37. The van der Waals surface area contributed by atoms with Gasteiger partial charge in [-0.05, 0) is 31.4 Å². The van der Waals surface area contributed by atoms with E-state index in [0.717, 1.165) is 31.7 Å². The zero-order chi connectivity index (χ0) is 13.0. The van der Waals surface area contributed by atoms with Crippen molar-refractivity contribution in [1.29, 1.82) is 0 Å². The monoisotopic (exact) mass is 268 g/mol. The van der Waals surface area contributed by atoms with Gasteiger partial charge in [0.2, 0.25) is 0 Å². The first-order valence-corrected chi connectivity index (χ1v) is 7.49. The highest BCUT2D eigenvalue weighted by Crippen LogP contribution is 2.25. The average Bonchev–Trinajstić information content (AvgIpc) is 2.39. The summed E-state index contributed by atoms with van der Waals surface area (Å²) in [5.74, 6) is 1.99. The molecule has 1 atom stereocenters. The molecule has 0 radical (unpaired) electrons. The maximum atomic E-state index is 9.03. The summed E-state index contributed by atoms with van der Waals surface area (Å²) in [7, 11) is 0. The molecule has 1 aromatic heterocycles. The van der Waals surface area contributed by atoms with Crippen molar-refractivity contribution in [3.05, 3.63) is 6.07 Å². The SMILES string of the molecule is CSc1nc(N)cc(N2CCCC(CCO)C2)n1. The highest BCUT2D eigenvalue weighted by molar-refractivity contribution is 7.98. The Bertz CT molecular complexity index is 400. The number of aliphatic hydroxyl groups excluding tert-OH is 1. The summed E-state index contributed by atoms with van der Waals surface area (Å²) in [6, 6.07) is 1.83. The Morgan fingerprint density at radius 3 is 3.11 bits per heavy atom. The lowest BCUT2D eigenvalue weighted by molar-refractivity contribution is 0.244. The smallest absolute Gasteiger partial charge is 0.191 e. The van der Waals surface area contributed by atoms with Crippen LogP contribution in [-0.4, -0.2) is 41.0 Å². The highest BCUT2D eigenvalue weighted by Gasteiger charge is 2.21. The molecule has 2 heterocycles. The Balaban J connectivity index is 2.12. The highest BCUT2D eigenvalue weighted by atomic mass is 32.2. The van der Waals surface area contributed by atoms with E-state index in [-0.39, 0.29) is 6.61 Å². The summed E-state index contributed by atoms with van der Waals surface area (Å²) in [5.41, 5.74) is 5.80. The van der Waals surface area contributed by atoms with E-state index in [1.165, 1.54) is 18.2 Å². The molecule has 1 aliphatic rings. The van der Waals surface area contributed by atoms with Gasteiger partial charge >= 0.3 is 0 Å². The Kier molecular flexibility index (Phi) is 4.66. The van der Waals surface area contributed by atoms with Crippen molar-refractivity contribution in [2.45, 2.75) is 24.4 Å². The number of thioether (sulfide) groups is 1. The predicted molar refractivity (Wildman–Crippen MR) is 74.9 cm³/mol. The Hall–Kier alpha value is -1.01. The molecule has 1 aromatic rings. The molecule has 0 aliphatic carbocycles. The number of nitrogens with two attached hydrogens (primary N) is 1. The van der Waals surface area contributed by atoms with Crippen LogP contribution in [0.3, 0.4) is 0 Å². The van der Waals surface area contributed by atoms with Crippen molar-refractivity contribution < 1.29 is 5.11 Å². The van der Waals surface area contributed by atoms with E-state index >= 15 is 0 Å². The van der Waals surface area contributed by atoms with Gasteiger partial charge in [0.05, 0.1) is 0 Å². The fraction of sp³-hybridized carbons (Fsp3) is 0.667. The Morgan fingerprint density at radius 1 is 1.56 bits per heavy atom. The third-order valence-electron chi connectivity index (χ3n) is 3.27. The van der Waals surface area contributed by atoms with E-state index < -0.39 is 0 Å². The van der Waals surface area contributed by atoms with Crippen LogP contribution in [0.2, 0.25) is 0 Å². The third-order valence-corrected chi connectivity index (χ3v) is 3.82. The number of hydrogen-bond acceptors (Lipinski definition) is 6. The number of aromatic nitrogens is 2. The first-order chi connectivity index (χ1) is 8.72. The molecule has 5 nitrogen and oxygen atoms in total. The maximum absolute atomic E-state index is 9.03. The van der Waals surface area contributed by atoms with Crippen molar-refractivity contribution in [2.24, 2.45) is 5.92 Å². The lowest BCUT2D eigenvalue weighted by atomic mass is 9.95.